The van der Waals surface area contributed by atoms with Crippen LogP contribution in [-0.4, -0.2) is 64.3 Å². The van der Waals surface area contributed by atoms with Crippen LogP contribution >= 0.6 is 11.8 Å². The molecule has 4 rings (SSSR count). The van der Waals surface area contributed by atoms with Crippen LogP contribution in [0.2, 0.25) is 0 Å². The Morgan fingerprint density at radius 3 is 2.64 bits per heavy atom. The number of amides is 1. The number of aromatic nitrogens is 2. The number of rotatable bonds is 9. The highest BCUT2D eigenvalue weighted by Gasteiger charge is 2.26. The fourth-order valence-corrected chi connectivity index (χ4v) is 4.56. The summed E-state index contributed by atoms with van der Waals surface area (Å²) in [5.41, 5.74) is 1.80. The van der Waals surface area contributed by atoms with Crippen molar-refractivity contribution in [3.8, 4) is 11.4 Å². The van der Waals surface area contributed by atoms with Gasteiger partial charge in [0.05, 0.1) is 18.3 Å². The second kappa shape index (κ2) is 11.3. The van der Waals surface area contributed by atoms with E-state index in [1.54, 1.807) is 11.8 Å². The number of benzene rings is 2. The molecule has 1 atom stereocenters. The minimum Gasteiger partial charge on any atom is -0.337 e. The zero-order valence-corrected chi connectivity index (χ0v) is 19.6. The molecule has 7 nitrogen and oxygen atoms in total. The van der Waals surface area contributed by atoms with Gasteiger partial charge in [-0.25, -0.2) is 0 Å². The van der Waals surface area contributed by atoms with E-state index in [0.717, 1.165) is 48.1 Å². The highest BCUT2D eigenvalue weighted by atomic mass is 32.2. The normalized spacial score (nSPS) is 15.8. The van der Waals surface area contributed by atoms with Gasteiger partial charge in [0, 0.05) is 42.4 Å². The van der Waals surface area contributed by atoms with E-state index in [4.69, 9.17) is 4.52 Å². The molecule has 1 unspecified atom stereocenters. The first-order chi connectivity index (χ1) is 16.1. The maximum atomic E-state index is 12.7. The van der Waals surface area contributed by atoms with Crippen molar-refractivity contribution >= 4 is 23.4 Å². The van der Waals surface area contributed by atoms with Crippen LogP contribution in [-0.2, 0) is 4.79 Å². The molecule has 0 spiro atoms. The second-order valence-corrected chi connectivity index (χ2v) is 9.02. The van der Waals surface area contributed by atoms with E-state index in [-0.39, 0.29) is 11.9 Å². The Bertz CT molecular complexity index is 1060. The third-order valence-corrected chi connectivity index (χ3v) is 6.74. The summed E-state index contributed by atoms with van der Waals surface area (Å²) in [6.45, 7) is 9.52. The second-order valence-electron chi connectivity index (χ2n) is 7.95. The van der Waals surface area contributed by atoms with E-state index in [9.17, 15) is 4.79 Å². The van der Waals surface area contributed by atoms with E-state index < -0.39 is 0 Å². The van der Waals surface area contributed by atoms with Gasteiger partial charge in [0.2, 0.25) is 17.6 Å². The van der Waals surface area contributed by atoms with Crippen molar-refractivity contribution in [2.45, 2.75) is 17.9 Å². The van der Waals surface area contributed by atoms with E-state index in [1.165, 1.54) is 0 Å². The predicted octanol–water partition coefficient (Wildman–Crippen LogP) is 4.33. The van der Waals surface area contributed by atoms with E-state index >= 15 is 0 Å². The molecule has 1 aliphatic rings. The molecule has 33 heavy (non-hydrogen) atoms. The molecule has 3 aromatic rings. The summed E-state index contributed by atoms with van der Waals surface area (Å²) >= 11 is 1.66. The number of para-hydroxylation sites is 1. The van der Waals surface area contributed by atoms with Gasteiger partial charge in [0.15, 0.2) is 0 Å². The SMILES string of the molecule is C=CCSc1ccccc1NC(=O)CN1CCN(C(C)c2nc(-c3ccccc3)no2)CC1. The molecule has 172 valence electrons. The summed E-state index contributed by atoms with van der Waals surface area (Å²) in [4.78, 5) is 22.8. The minimum absolute atomic E-state index is 0.00700. The summed E-state index contributed by atoms with van der Waals surface area (Å²) in [5, 5.41) is 7.20. The minimum atomic E-state index is 0.00700. The first kappa shape index (κ1) is 23.2. The van der Waals surface area contributed by atoms with Crippen LogP contribution in [0.5, 0.6) is 0 Å². The summed E-state index contributed by atoms with van der Waals surface area (Å²) in [6, 6.07) is 17.7. The van der Waals surface area contributed by atoms with Gasteiger partial charge < -0.3 is 9.84 Å². The zero-order chi connectivity index (χ0) is 23.0. The molecule has 1 aliphatic heterocycles. The van der Waals surface area contributed by atoms with Crippen LogP contribution in [0, 0.1) is 0 Å². The van der Waals surface area contributed by atoms with Crippen molar-refractivity contribution in [2.24, 2.45) is 0 Å². The lowest BCUT2D eigenvalue weighted by atomic mass is 10.2. The highest BCUT2D eigenvalue weighted by molar-refractivity contribution is 7.99. The molecule has 1 N–H and O–H groups in total. The Morgan fingerprint density at radius 1 is 1.15 bits per heavy atom. The average Bonchev–Trinajstić information content (AvgIpc) is 3.34. The number of carbonyl (C=O) groups excluding carboxylic acids is 1. The van der Waals surface area contributed by atoms with Gasteiger partial charge in [0.25, 0.3) is 0 Å². The van der Waals surface area contributed by atoms with Crippen LogP contribution in [0.4, 0.5) is 5.69 Å². The lowest BCUT2D eigenvalue weighted by Gasteiger charge is -2.36. The van der Waals surface area contributed by atoms with Crippen molar-refractivity contribution in [1.82, 2.24) is 19.9 Å². The van der Waals surface area contributed by atoms with Gasteiger partial charge in [-0.15, -0.1) is 18.3 Å². The molecule has 1 amide bonds. The van der Waals surface area contributed by atoms with Crippen molar-refractivity contribution in [2.75, 3.05) is 43.8 Å². The molecule has 0 bridgehead atoms. The number of hydrogen-bond acceptors (Lipinski definition) is 7. The largest absolute Gasteiger partial charge is 0.337 e. The summed E-state index contributed by atoms with van der Waals surface area (Å²) in [5.74, 6) is 2.04. The number of hydrogen-bond donors (Lipinski definition) is 1. The Labute approximate surface area is 198 Å². The molecule has 1 aromatic heterocycles. The van der Waals surface area contributed by atoms with Crippen molar-refractivity contribution < 1.29 is 9.32 Å². The lowest BCUT2D eigenvalue weighted by molar-refractivity contribution is -0.117. The zero-order valence-electron chi connectivity index (χ0n) is 18.8. The van der Waals surface area contributed by atoms with Crippen LogP contribution in [0.3, 0.4) is 0 Å². The number of piperazine rings is 1. The van der Waals surface area contributed by atoms with E-state index in [2.05, 4.69) is 38.8 Å². The number of carbonyl (C=O) groups is 1. The van der Waals surface area contributed by atoms with Gasteiger partial charge in [0.1, 0.15) is 0 Å². The van der Waals surface area contributed by atoms with Crippen LogP contribution in [0.25, 0.3) is 11.4 Å². The highest BCUT2D eigenvalue weighted by Crippen LogP contribution is 2.27. The Balaban J connectivity index is 1.27. The summed E-state index contributed by atoms with van der Waals surface area (Å²) in [7, 11) is 0. The van der Waals surface area contributed by atoms with Gasteiger partial charge in [-0.2, -0.15) is 4.98 Å². The van der Waals surface area contributed by atoms with Crippen molar-refractivity contribution in [3.63, 3.8) is 0 Å². The van der Waals surface area contributed by atoms with Gasteiger partial charge in [-0.05, 0) is 19.1 Å². The standard InChI is InChI=1S/C25H29N5O2S/c1-3-17-33-22-12-8-7-11-21(22)26-23(31)18-29-13-15-30(16-14-29)19(2)25-27-24(28-32-25)20-9-5-4-6-10-20/h3-12,19H,1,13-18H2,2H3,(H,26,31). The third kappa shape index (κ3) is 6.10. The van der Waals surface area contributed by atoms with Crippen LogP contribution in [0.15, 0.2) is 76.7 Å². The number of anilines is 1. The number of nitrogens with zero attached hydrogens (tertiary/aromatic N) is 4. The fraction of sp³-hybridized carbons (Fsp3) is 0.320. The molecule has 8 heteroatoms. The van der Waals surface area contributed by atoms with Crippen LogP contribution in [0.1, 0.15) is 18.9 Å². The molecule has 1 fully saturated rings. The number of nitrogens with one attached hydrogen (secondary N) is 1. The molecule has 1 saturated heterocycles. The molecule has 0 aliphatic carbocycles. The molecular formula is C25H29N5O2S. The summed E-state index contributed by atoms with van der Waals surface area (Å²) < 4.78 is 5.54. The Morgan fingerprint density at radius 2 is 1.88 bits per heavy atom. The average molecular weight is 464 g/mol. The predicted molar refractivity (Wildman–Crippen MR) is 132 cm³/mol. The lowest BCUT2D eigenvalue weighted by Crippen LogP contribution is -2.49. The monoisotopic (exact) mass is 463 g/mol. The quantitative estimate of drug-likeness (QED) is 0.374. The maximum Gasteiger partial charge on any atom is 0.244 e. The number of thioether (sulfide) groups is 1. The van der Waals surface area contributed by atoms with Crippen molar-refractivity contribution in [3.05, 3.63) is 73.1 Å². The van der Waals surface area contributed by atoms with Crippen molar-refractivity contribution in [1.29, 1.82) is 0 Å². The first-order valence-corrected chi connectivity index (χ1v) is 12.1. The Hall–Kier alpha value is -2.94. The fourth-order valence-electron chi connectivity index (χ4n) is 3.81. The smallest absolute Gasteiger partial charge is 0.244 e. The molecule has 2 aromatic carbocycles. The molecular weight excluding hydrogens is 434 g/mol. The van der Waals surface area contributed by atoms with Gasteiger partial charge in [-0.3, -0.25) is 14.6 Å². The van der Waals surface area contributed by atoms with Crippen LogP contribution < -0.4 is 5.32 Å². The molecule has 0 radical (unpaired) electrons. The maximum absolute atomic E-state index is 12.7. The molecule has 0 saturated carbocycles. The van der Waals surface area contributed by atoms with Gasteiger partial charge in [-0.1, -0.05) is 53.7 Å². The van der Waals surface area contributed by atoms with E-state index in [1.807, 2.05) is 60.7 Å². The summed E-state index contributed by atoms with van der Waals surface area (Å²) in [6.07, 6.45) is 1.86. The van der Waals surface area contributed by atoms with Gasteiger partial charge >= 0.3 is 0 Å². The topological polar surface area (TPSA) is 74.5 Å². The Kier molecular flexibility index (Phi) is 7.93. The van der Waals surface area contributed by atoms with E-state index in [0.29, 0.717) is 18.3 Å². The first-order valence-electron chi connectivity index (χ1n) is 11.1. The molecule has 2 heterocycles. The third-order valence-electron chi connectivity index (χ3n) is 5.67.